The number of nitrogens with one attached hydrogen (secondary N) is 1. The number of amides is 2. The van der Waals surface area contributed by atoms with Gasteiger partial charge < -0.3 is 15.1 Å². The van der Waals surface area contributed by atoms with Crippen LogP contribution < -0.4 is 10.2 Å². The van der Waals surface area contributed by atoms with Crippen LogP contribution in [0, 0.1) is 6.92 Å². The van der Waals surface area contributed by atoms with Gasteiger partial charge in [-0.25, -0.2) is 4.79 Å². The molecule has 0 unspecified atom stereocenters. The molecule has 21 heavy (non-hydrogen) atoms. The summed E-state index contributed by atoms with van der Waals surface area (Å²) < 4.78 is 1.13. The summed E-state index contributed by atoms with van der Waals surface area (Å²) >= 11 is 3.63. The van der Waals surface area contributed by atoms with Crippen LogP contribution in [0.4, 0.5) is 10.5 Å². The van der Waals surface area contributed by atoms with Gasteiger partial charge in [0.05, 0.1) is 5.69 Å². The van der Waals surface area contributed by atoms with Gasteiger partial charge in [-0.05, 0) is 47.0 Å². The summed E-state index contributed by atoms with van der Waals surface area (Å²) in [6.07, 6.45) is 2.15. The van der Waals surface area contributed by atoms with E-state index in [1.54, 1.807) is 0 Å². The van der Waals surface area contributed by atoms with Crippen molar-refractivity contribution in [2.24, 2.45) is 0 Å². The number of unbranched alkanes of at least 4 members (excludes halogenated alkanes) is 1. The van der Waals surface area contributed by atoms with Crippen molar-refractivity contribution < 1.29 is 4.79 Å². The highest BCUT2D eigenvalue weighted by Gasteiger charge is 2.21. The topological polar surface area (TPSA) is 35.6 Å². The molecule has 0 atom stereocenters. The van der Waals surface area contributed by atoms with Crippen molar-refractivity contribution in [1.29, 1.82) is 0 Å². The Morgan fingerprint density at radius 3 is 2.62 bits per heavy atom. The number of aryl methyl sites for hydroxylation is 1. The largest absolute Gasteiger partial charge is 0.367 e. The molecule has 2 amide bonds. The molecule has 1 aromatic rings. The van der Waals surface area contributed by atoms with Gasteiger partial charge in [-0.3, -0.25) is 0 Å². The van der Waals surface area contributed by atoms with Crippen LogP contribution in [0.25, 0.3) is 0 Å². The molecule has 0 radical (unpaired) electrons. The Morgan fingerprint density at radius 2 is 2.00 bits per heavy atom. The molecule has 1 saturated heterocycles. The number of piperazine rings is 1. The summed E-state index contributed by atoms with van der Waals surface area (Å²) in [6.45, 7) is 8.30. The summed E-state index contributed by atoms with van der Waals surface area (Å²) in [5.74, 6) is 0. The van der Waals surface area contributed by atoms with Gasteiger partial charge in [0.1, 0.15) is 0 Å². The highest BCUT2D eigenvalue weighted by atomic mass is 79.9. The third-order valence-electron chi connectivity index (χ3n) is 3.82. The van der Waals surface area contributed by atoms with Crippen molar-refractivity contribution in [2.75, 3.05) is 37.6 Å². The molecular formula is C16H24BrN3O. The minimum Gasteiger partial charge on any atom is -0.367 e. The molecule has 0 bridgehead atoms. The van der Waals surface area contributed by atoms with Crippen molar-refractivity contribution in [1.82, 2.24) is 10.2 Å². The number of rotatable bonds is 4. The first-order chi connectivity index (χ1) is 10.1. The summed E-state index contributed by atoms with van der Waals surface area (Å²) in [6, 6.07) is 6.49. The average molecular weight is 354 g/mol. The van der Waals surface area contributed by atoms with E-state index in [9.17, 15) is 4.79 Å². The Morgan fingerprint density at radius 1 is 1.29 bits per heavy atom. The van der Waals surface area contributed by atoms with Gasteiger partial charge in [0, 0.05) is 37.2 Å². The monoisotopic (exact) mass is 353 g/mol. The summed E-state index contributed by atoms with van der Waals surface area (Å²) in [5.41, 5.74) is 2.46. The number of hydrogen-bond donors (Lipinski definition) is 1. The Bertz CT molecular complexity index is 484. The van der Waals surface area contributed by atoms with Gasteiger partial charge in [-0.15, -0.1) is 0 Å². The van der Waals surface area contributed by atoms with Gasteiger partial charge in [-0.1, -0.05) is 19.4 Å². The van der Waals surface area contributed by atoms with Gasteiger partial charge in [0.25, 0.3) is 0 Å². The maximum Gasteiger partial charge on any atom is 0.317 e. The highest BCUT2D eigenvalue weighted by Crippen LogP contribution is 2.28. The lowest BCUT2D eigenvalue weighted by atomic mass is 10.2. The van der Waals surface area contributed by atoms with Crippen LogP contribution in [0.15, 0.2) is 22.7 Å². The number of carbonyl (C=O) groups is 1. The van der Waals surface area contributed by atoms with E-state index in [-0.39, 0.29) is 6.03 Å². The molecule has 1 heterocycles. The zero-order valence-corrected chi connectivity index (χ0v) is 14.4. The maximum absolute atomic E-state index is 12.0. The van der Waals surface area contributed by atoms with Gasteiger partial charge in [0.2, 0.25) is 0 Å². The van der Waals surface area contributed by atoms with E-state index in [1.807, 2.05) is 4.90 Å². The molecule has 0 aromatic heterocycles. The average Bonchev–Trinajstić information content (AvgIpc) is 2.48. The Hall–Kier alpha value is -1.23. The van der Waals surface area contributed by atoms with Crippen LogP contribution in [-0.2, 0) is 0 Å². The Labute approximate surface area is 135 Å². The minimum atomic E-state index is 0.0751. The van der Waals surface area contributed by atoms with Crippen LogP contribution in [0.5, 0.6) is 0 Å². The smallest absolute Gasteiger partial charge is 0.317 e. The molecule has 0 spiro atoms. The first kappa shape index (κ1) is 16.1. The molecule has 1 aliphatic rings. The second-order valence-corrected chi connectivity index (χ2v) is 6.37. The molecule has 1 N–H and O–H groups in total. The van der Waals surface area contributed by atoms with Crippen LogP contribution in [-0.4, -0.2) is 43.7 Å². The fourth-order valence-electron chi connectivity index (χ4n) is 2.50. The highest BCUT2D eigenvalue weighted by molar-refractivity contribution is 9.10. The standard InChI is InChI=1S/C16H24BrN3O/c1-3-4-7-18-16(21)20-10-8-19(9-11-20)15-6-5-13(2)12-14(15)17/h5-6,12H,3-4,7-11H2,1-2H3,(H,18,21). The fraction of sp³-hybridized carbons (Fsp3) is 0.562. The van der Waals surface area contributed by atoms with E-state index in [2.05, 4.69) is 58.2 Å². The SMILES string of the molecule is CCCCNC(=O)N1CCN(c2ccc(C)cc2Br)CC1. The molecule has 4 nitrogen and oxygen atoms in total. The van der Waals surface area contributed by atoms with Gasteiger partial charge in [-0.2, -0.15) is 0 Å². The third kappa shape index (κ3) is 4.37. The molecule has 1 aromatic carbocycles. The van der Waals surface area contributed by atoms with Crippen molar-refractivity contribution in [2.45, 2.75) is 26.7 Å². The van der Waals surface area contributed by atoms with Crippen LogP contribution >= 0.6 is 15.9 Å². The van der Waals surface area contributed by atoms with Crippen molar-refractivity contribution >= 4 is 27.6 Å². The number of benzene rings is 1. The van der Waals surface area contributed by atoms with Crippen molar-refractivity contribution in [3.05, 3.63) is 28.2 Å². The van der Waals surface area contributed by atoms with E-state index in [0.29, 0.717) is 0 Å². The van der Waals surface area contributed by atoms with Crippen LogP contribution in [0.3, 0.4) is 0 Å². The Kier molecular flexibility index (Phi) is 5.91. The number of halogens is 1. The third-order valence-corrected chi connectivity index (χ3v) is 4.45. The maximum atomic E-state index is 12.0. The second kappa shape index (κ2) is 7.69. The Balaban J connectivity index is 1.86. The zero-order valence-electron chi connectivity index (χ0n) is 12.9. The van der Waals surface area contributed by atoms with E-state index >= 15 is 0 Å². The van der Waals surface area contributed by atoms with Gasteiger partial charge >= 0.3 is 6.03 Å². The number of carbonyl (C=O) groups excluding carboxylic acids is 1. The fourth-order valence-corrected chi connectivity index (χ4v) is 3.25. The lowest BCUT2D eigenvalue weighted by molar-refractivity contribution is 0.194. The zero-order chi connectivity index (χ0) is 15.2. The molecule has 2 rings (SSSR count). The van der Waals surface area contributed by atoms with E-state index in [0.717, 1.165) is 50.0 Å². The molecular weight excluding hydrogens is 330 g/mol. The predicted molar refractivity (Wildman–Crippen MR) is 91.0 cm³/mol. The number of nitrogens with zero attached hydrogens (tertiary/aromatic N) is 2. The van der Waals surface area contributed by atoms with E-state index in [4.69, 9.17) is 0 Å². The van der Waals surface area contributed by atoms with E-state index in [1.165, 1.54) is 11.3 Å². The summed E-state index contributed by atoms with van der Waals surface area (Å²) in [4.78, 5) is 16.3. The normalized spacial score (nSPS) is 15.2. The predicted octanol–water partition coefficient (Wildman–Crippen LogP) is 3.39. The summed E-state index contributed by atoms with van der Waals surface area (Å²) in [7, 11) is 0. The molecule has 0 aliphatic carbocycles. The quantitative estimate of drug-likeness (QED) is 0.842. The minimum absolute atomic E-state index is 0.0751. The molecule has 1 fully saturated rings. The van der Waals surface area contributed by atoms with Crippen molar-refractivity contribution in [3.63, 3.8) is 0 Å². The first-order valence-electron chi connectivity index (χ1n) is 7.65. The number of anilines is 1. The molecule has 5 heteroatoms. The lowest BCUT2D eigenvalue weighted by Gasteiger charge is -2.36. The van der Waals surface area contributed by atoms with Crippen molar-refractivity contribution in [3.8, 4) is 0 Å². The van der Waals surface area contributed by atoms with Gasteiger partial charge in [0.15, 0.2) is 0 Å². The van der Waals surface area contributed by atoms with E-state index < -0.39 is 0 Å². The number of hydrogen-bond acceptors (Lipinski definition) is 2. The number of urea groups is 1. The van der Waals surface area contributed by atoms with Crippen LogP contribution in [0.2, 0.25) is 0 Å². The summed E-state index contributed by atoms with van der Waals surface area (Å²) in [5, 5.41) is 2.99. The molecule has 0 saturated carbocycles. The lowest BCUT2D eigenvalue weighted by Crippen LogP contribution is -2.52. The second-order valence-electron chi connectivity index (χ2n) is 5.51. The first-order valence-corrected chi connectivity index (χ1v) is 8.45. The molecule has 116 valence electrons. The van der Waals surface area contributed by atoms with Crippen LogP contribution in [0.1, 0.15) is 25.3 Å². The molecule has 1 aliphatic heterocycles.